The van der Waals surface area contributed by atoms with E-state index in [9.17, 15) is 19.8 Å². The summed E-state index contributed by atoms with van der Waals surface area (Å²) in [5.74, 6) is -1.20. The van der Waals surface area contributed by atoms with Gasteiger partial charge in [0.2, 0.25) is 0 Å². The second-order valence-corrected chi connectivity index (χ2v) is 11.1. The standard InChI is InChI=1S/C28H41NO7/c1-7-9-21-25(32)17(2)10-8-13-28(6)23(36-28)14-20(12-11-19-16-34-18(3)29-19)35-24(31)15-22(30)27(4,5)26(21)33/h7,11-12,16-17,20-23,25,30,32H,1,8-10,13-15H2,2-6H3/t17-,20+,21+,22-,23?,25+,28?/m0/s1. The first-order valence-corrected chi connectivity index (χ1v) is 12.9. The molecule has 2 saturated heterocycles. The Morgan fingerprint density at radius 2 is 1.97 bits per heavy atom. The van der Waals surface area contributed by atoms with E-state index >= 15 is 0 Å². The molecule has 0 amide bonds. The van der Waals surface area contributed by atoms with Gasteiger partial charge < -0.3 is 24.1 Å². The number of epoxide rings is 1. The number of ether oxygens (including phenoxy) is 2. The molecule has 8 nitrogen and oxygen atoms in total. The van der Waals surface area contributed by atoms with Gasteiger partial charge in [0, 0.05) is 19.3 Å². The minimum Gasteiger partial charge on any atom is -0.458 e. The zero-order valence-corrected chi connectivity index (χ0v) is 22.1. The number of aromatic nitrogens is 1. The largest absolute Gasteiger partial charge is 0.458 e. The quantitative estimate of drug-likeness (QED) is 0.357. The average molecular weight is 504 g/mol. The Hall–Kier alpha value is -2.29. The minimum absolute atomic E-state index is 0.0800. The van der Waals surface area contributed by atoms with Gasteiger partial charge in [-0.3, -0.25) is 9.59 Å². The summed E-state index contributed by atoms with van der Waals surface area (Å²) in [4.78, 5) is 30.6. The molecule has 1 aromatic heterocycles. The van der Waals surface area contributed by atoms with E-state index < -0.39 is 35.6 Å². The molecular weight excluding hydrogens is 462 g/mol. The number of rotatable bonds is 4. The number of Topliss-reactive ketones (excluding diaryl/α,β-unsaturated/α-hetero) is 1. The molecule has 2 aliphatic rings. The smallest absolute Gasteiger partial charge is 0.309 e. The number of carbonyl (C=O) groups excluding carboxylic acids is 2. The van der Waals surface area contributed by atoms with Crippen LogP contribution in [0.5, 0.6) is 0 Å². The van der Waals surface area contributed by atoms with Crippen LogP contribution in [0.15, 0.2) is 29.4 Å². The van der Waals surface area contributed by atoms with E-state index in [4.69, 9.17) is 13.9 Å². The van der Waals surface area contributed by atoms with E-state index in [1.54, 1.807) is 39.0 Å². The topological polar surface area (TPSA) is 122 Å². The lowest BCUT2D eigenvalue weighted by Crippen LogP contribution is -2.46. The third kappa shape index (κ3) is 6.72. The van der Waals surface area contributed by atoms with Gasteiger partial charge in [-0.2, -0.15) is 0 Å². The van der Waals surface area contributed by atoms with Crippen LogP contribution in [-0.4, -0.2) is 57.0 Å². The molecule has 0 radical (unpaired) electrons. The third-order valence-corrected chi connectivity index (χ3v) is 7.80. The predicted molar refractivity (Wildman–Crippen MR) is 135 cm³/mol. The number of carbonyl (C=O) groups is 2. The van der Waals surface area contributed by atoms with Crippen molar-refractivity contribution in [2.24, 2.45) is 17.3 Å². The Bertz CT molecular complexity index is 967. The molecule has 0 aromatic carbocycles. The Labute approximate surface area is 213 Å². The van der Waals surface area contributed by atoms with Crippen LogP contribution < -0.4 is 0 Å². The molecule has 2 fully saturated rings. The highest BCUT2D eigenvalue weighted by Crippen LogP contribution is 2.44. The highest BCUT2D eigenvalue weighted by molar-refractivity contribution is 5.88. The lowest BCUT2D eigenvalue weighted by molar-refractivity contribution is -0.154. The summed E-state index contributed by atoms with van der Waals surface area (Å²) in [6.07, 6.45) is 6.58. The van der Waals surface area contributed by atoms with Crippen LogP contribution >= 0.6 is 0 Å². The molecule has 0 aliphatic carbocycles. The third-order valence-electron chi connectivity index (χ3n) is 7.80. The first-order valence-electron chi connectivity index (χ1n) is 12.9. The Balaban J connectivity index is 1.84. The van der Waals surface area contributed by atoms with Gasteiger partial charge in [0.05, 0.1) is 35.7 Å². The van der Waals surface area contributed by atoms with E-state index in [0.717, 1.165) is 19.3 Å². The monoisotopic (exact) mass is 503 g/mol. The molecule has 2 aliphatic heterocycles. The number of cyclic esters (lactones) is 1. The number of allylic oxidation sites excluding steroid dienone is 1. The van der Waals surface area contributed by atoms with Crippen LogP contribution in [0.2, 0.25) is 0 Å². The first-order chi connectivity index (χ1) is 16.9. The highest BCUT2D eigenvalue weighted by atomic mass is 16.6. The lowest BCUT2D eigenvalue weighted by Gasteiger charge is -2.35. The maximum Gasteiger partial charge on any atom is 0.309 e. The van der Waals surface area contributed by atoms with Crippen molar-refractivity contribution in [1.29, 1.82) is 0 Å². The van der Waals surface area contributed by atoms with Crippen molar-refractivity contribution >= 4 is 17.8 Å². The van der Waals surface area contributed by atoms with Gasteiger partial charge in [0.25, 0.3) is 0 Å². The summed E-state index contributed by atoms with van der Waals surface area (Å²) in [6.45, 7) is 12.7. The van der Waals surface area contributed by atoms with E-state index in [1.807, 2.05) is 13.8 Å². The molecule has 2 unspecified atom stereocenters. The van der Waals surface area contributed by atoms with Gasteiger partial charge in [-0.05, 0) is 44.3 Å². The van der Waals surface area contributed by atoms with Crippen molar-refractivity contribution in [2.45, 2.75) is 103 Å². The van der Waals surface area contributed by atoms with Crippen molar-refractivity contribution in [2.75, 3.05) is 0 Å². The summed E-state index contributed by atoms with van der Waals surface area (Å²) >= 11 is 0. The molecule has 0 bridgehead atoms. The highest BCUT2D eigenvalue weighted by Gasteiger charge is 2.52. The fourth-order valence-electron chi connectivity index (χ4n) is 5.04. The number of nitrogens with zero attached hydrogens (tertiary/aromatic N) is 1. The van der Waals surface area contributed by atoms with Crippen LogP contribution in [0.1, 0.15) is 77.8 Å². The molecule has 0 saturated carbocycles. The van der Waals surface area contributed by atoms with Crippen molar-refractivity contribution < 1.29 is 33.7 Å². The summed E-state index contributed by atoms with van der Waals surface area (Å²) in [6, 6.07) is 0. The fourth-order valence-corrected chi connectivity index (χ4v) is 5.04. The normalized spacial score (nSPS) is 36.3. The number of aryl methyl sites for hydroxylation is 1. The number of hydrogen-bond acceptors (Lipinski definition) is 8. The maximum atomic E-state index is 13.5. The predicted octanol–water partition coefficient (Wildman–Crippen LogP) is 4.18. The summed E-state index contributed by atoms with van der Waals surface area (Å²) in [7, 11) is 0. The van der Waals surface area contributed by atoms with E-state index in [2.05, 4.69) is 11.6 Å². The van der Waals surface area contributed by atoms with Crippen LogP contribution in [0.4, 0.5) is 0 Å². The van der Waals surface area contributed by atoms with Gasteiger partial charge in [-0.25, -0.2) is 4.98 Å². The second kappa shape index (κ2) is 11.4. The first kappa shape index (κ1) is 28.3. The van der Waals surface area contributed by atoms with Gasteiger partial charge in [0.15, 0.2) is 5.89 Å². The van der Waals surface area contributed by atoms with Gasteiger partial charge >= 0.3 is 5.97 Å². The maximum absolute atomic E-state index is 13.5. The molecule has 0 spiro atoms. The number of hydrogen-bond donors (Lipinski definition) is 2. The molecule has 3 heterocycles. The van der Waals surface area contributed by atoms with Gasteiger partial charge in [0.1, 0.15) is 23.8 Å². The minimum atomic E-state index is -1.27. The molecule has 2 N–H and O–H groups in total. The molecule has 36 heavy (non-hydrogen) atoms. The molecule has 1 aromatic rings. The second-order valence-electron chi connectivity index (χ2n) is 11.1. The molecule has 200 valence electrons. The number of ketones is 1. The van der Waals surface area contributed by atoms with Crippen LogP contribution in [0, 0.1) is 24.2 Å². The van der Waals surface area contributed by atoms with Gasteiger partial charge in [-0.15, -0.1) is 6.58 Å². The molecular formula is C28H41NO7. The van der Waals surface area contributed by atoms with Crippen molar-refractivity contribution in [3.05, 3.63) is 36.6 Å². The summed E-state index contributed by atoms with van der Waals surface area (Å²) < 4.78 is 17.0. The van der Waals surface area contributed by atoms with Crippen molar-refractivity contribution in [3.8, 4) is 0 Å². The fraction of sp³-hybridized carbons (Fsp3) is 0.679. The van der Waals surface area contributed by atoms with Gasteiger partial charge in [-0.1, -0.05) is 33.3 Å². The number of oxazole rings is 1. The van der Waals surface area contributed by atoms with E-state index in [0.29, 0.717) is 24.4 Å². The van der Waals surface area contributed by atoms with Crippen LogP contribution in [0.25, 0.3) is 6.08 Å². The zero-order valence-electron chi connectivity index (χ0n) is 22.1. The van der Waals surface area contributed by atoms with Crippen molar-refractivity contribution in [3.63, 3.8) is 0 Å². The Kier molecular flexibility index (Phi) is 8.96. The summed E-state index contributed by atoms with van der Waals surface area (Å²) in [5.41, 5.74) is -0.975. The number of aliphatic hydroxyl groups is 2. The molecule has 8 heteroatoms. The van der Waals surface area contributed by atoms with E-state index in [-0.39, 0.29) is 29.8 Å². The Morgan fingerprint density at radius 1 is 1.25 bits per heavy atom. The zero-order chi connectivity index (χ0) is 26.7. The SMILES string of the molecule is C=CC[C@H]1C(=O)C(C)(C)[C@@H](O)CC(=O)O[C@H](C=Cc2coc(C)n2)CC2OC2(C)CCC[C@H](C)[C@H]1O. The lowest BCUT2D eigenvalue weighted by atomic mass is 9.71. The molecule has 7 atom stereocenters. The Morgan fingerprint density at radius 3 is 2.61 bits per heavy atom. The van der Waals surface area contributed by atoms with Crippen LogP contribution in [0.3, 0.4) is 0 Å². The van der Waals surface area contributed by atoms with E-state index in [1.165, 1.54) is 6.26 Å². The molecule has 3 rings (SSSR count). The van der Waals surface area contributed by atoms with Crippen molar-refractivity contribution in [1.82, 2.24) is 4.98 Å². The number of fused-ring (bicyclic) bond motifs is 1. The summed E-state index contributed by atoms with van der Waals surface area (Å²) in [5, 5.41) is 22.0. The van der Waals surface area contributed by atoms with Crippen LogP contribution in [-0.2, 0) is 19.1 Å². The average Bonchev–Trinajstić information content (AvgIpc) is 3.24. The number of aliphatic hydroxyl groups excluding tert-OH is 2. The number of esters is 1.